The first kappa shape index (κ1) is 14.1. The fraction of sp³-hybridized carbons (Fsp3) is 0.133. The van der Waals surface area contributed by atoms with Crippen LogP contribution in [-0.4, -0.2) is 5.91 Å². The minimum atomic E-state index is -0.705. The molecule has 5 heteroatoms. The average Bonchev–Trinajstić information content (AvgIpc) is 2.38. The van der Waals surface area contributed by atoms with Crippen molar-refractivity contribution in [2.75, 3.05) is 0 Å². The lowest BCUT2D eigenvalue weighted by Crippen LogP contribution is -2.25. The van der Waals surface area contributed by atoms with Crippen molar-refractivity contribution in [1.82, 2.24) is 5.32 Å². The van der Waals surface area contributed by atoms with Crippen molar-refractivity contribution in [2.24, 2.45) is 0 Å². The second-order valence-corrected chi connectivity index (χ2v) is 4.32. The molecular formula is C15H12F3NO. The standard InChI is InChI=1S/C15H12F3NO/c16-12-5-10(6-13(17)8-12)9-19-15(20)7-11-3-1-2-4-14(11)18/h1-6,8H,7,9H2,(H,19,20). The molecule has 0 bridgehead atoms. The molecule has 0 radical (unpaired) electrons. The Morgan fingerprint density at radius 1 is 1.00 bits per heavy atom. The van der Waals surface area contributed by atoms with E-state index in [4.69, 9.17) is 0 Å². The van der Waals surface area contributed by atoms with Gasteiger partial charge in [-0.15, -0.1) is 0 Å². The lowest BCUT2D eigenvalue weighted by atomic mass is 10.1. The predicted octanol–water partition coefficient (Wildman–Crippen LogP) is 2.96. The van der Waals surface area contributed by atoms with Gasteiger partial charge in [0, 0.05) is 12.6 Å². The molecule has 104 valence electrons. The normalized spacial score (nSPS) is 10.3. The molecule has 0 fully saturated rings. The highest BCUT2D eigenvalue weighted by atomic mass is 19.1. The van der Waals surface area contributed by atoms with Crippen molar-refractivity contribution < 1.29 is 18.0 Å². The number of carbonyl (C=O) groups is 1. The molecular weight excluding hydrogens is 267 g/mol. The molecule has 1 N–H and O–H groups in total. The minimum absolute atomic E-state index is 0.0119. The first-order valence-corrected chi connectivity index (χ1v) is 5.99. The Labute approximate surface area is 114 Å². The van der Waals surface area contributed by atoms with Crippen LogP contribution in [0, 0.1) is 17.5 Å². The van der Waals surface area contributed by atoms with E-state index in [1.807, 2.05) is 0 Å². The highest BCUT2D eigenvalue weighted by Gasteiger charge is 2.08. The van der Waals surface area contributed by atoms with E-state index >= 15 is 0 Å². The van der Waals surface area contributed by atoms with Crippen molar-refractivity contribution in [2.45, 2.75) is 13.0 Å². The molecule has 0 atom stereocenters. The Hall–Kier alpha value is -2.30. The SMILES string of the molecule is O=C(Cc1ccccc1F)NCc1cc(F)cc(F)c1. The highest BCUT2D eigenvalue weighted by Crippen LogP contribution is 2.09. The van der Waals surface area contributed by atoms with Crippen LogP contribution < -0.4 is 5.32 Å². The summed E-state index contributed by atoms with van der Waals surface area (Å²) in [6.07, 6.45) is -0.121. The lowest BCUT2D eigenvalue weighted by molar-refractivity contribution is -0.120. The van der Waals surface area contributed by atoms with Gasteiger partial charge in [0.25, 0.3) is 0 Å². The summed E-state index contributed by atoms with van der Waals surface area (Å²) in [5, 5.41) is 2.49. The van der Waals surface area contributed by atoms with Crippen LogP contribution >= 0.6 is 0 Å². The zero-order chi connectivity index (χ0) is 14.5. The van der Waals surface area contributed by atoms with E-state index in [2.05, 4.69) is 5.32 Å². The van der Waals surface area contributed by atoms with Crippen LogP contribution in [0.2, 0.25) is 0 Å². The molecule has 0 heterocycles. The molecule has 0 saturated carbocycles. The molecule has 0 aliphatic heterocycles. The molecule has 1 amide bonds. The van der Waals surface area contributed by atoms with Gasteiger partial charge in [-0.1, -0.05) is 18.2 Å². The molecule has 0 unspecified atom stereocenters. The Morgan fingerprint density at radius 2 is 1.65 bits per heavy atom. The summed E-state index contributed by atoms with van der Waals surface area (Å²) in [6.45, 7) is -0.0119. The van der Waals surface area contributed by atoms with E-state index in [1.54, 1.807) is 6.07 Å². The molecule has 2 nitrogen and oxygen atoms in total. The van der Waals surface area contributed by atoms with E-state index in [0.29, 0.717) is 5.56 Å². The highest BCUT2D eigenvalue weighted by molar-refractivity contribution is 5.78. The monoisotopic (exact) mass is 279 g/mol. The molecule has 0 spiro atoms. The van der Waals surface area contributed by atoms with E-state index in [-0.39, 0.29) is 18.5 Å². The zero-order valence-electron chi connectivity index (χ0n) is 10.5. The van der Waals surface area contributed by atoms with Gasteiger partial charge in [0.05, 0.1) is 6.42 Å². The molecule has 0 aromatic heterocycles. The summed E-state index contributed by atoms with van der Waals surface area (Å²) < 4.78 is 39.2. The molecule has 2 rings (SSSR count). The van der Waals surface area contributed by atoms with Crippen LogP contribution in [0.4, 0.5) is 13.2 Å². The molecule has 2 aromatic carbocycles. The number of rotatable bonds is 4. The van der Waals surface area contributed by atoms with Gasteiger partial charge in [-0.2, -0.15) is 0 Å². The summed E-state index contributed by atoms with van der Waals surface area (Å²) in [7, 11) is 0. The maximum absolute atomic E-state index is 13.3. The third-order valence-corrected chi connectivity index (χ3v) is 2.72. The number of carbonyl (C=O) groups excluding carboxylic acids is 1. The van der Waals surface area contributed by atoms with E-state index in [9.17, 15) is 18.0 Å². The van der Waals surface area contributed by atoms with Crippen LogP contribution in [0.25, 0.3) is 0 Å². The fourth-order valence-corrected chi connectivity index (χ4v) is 1.79. The van der Waals surface area contributed by atoms with Crippen molar-refractivity contribution >= 4 is 5.91 Å². The number of nitrogens with one attached hydrogen (secondary N) is 1. The summed E-state index contributed by atoms with van der Waals surface area (Å²) in [6, 6.07) is 8.96. The molecule has 20 heavy (non-hydrogen) atoms. The topological polar surface area (TPSA) is 29.1 Å². The molecule has 0 saturated heterocycles. The molecule has 0 aliphatic rings. The van der Waals surface area contributed by atoms with Crippen molar-refractivity contribution in [1.29, 1.82) is 0 Å². The number of hydrogen-bond acceptors (Lipinski definition) is 1. The van der Waals surface area contributed by atoms with Crippen molar-refractivity contribution in [3.05, 3.63) is 71.0 Å². The molecule has 0 aliphatic carbocycles. The van der Waals surface area contributed by atoms with E-state index in [1.165, 1.54) is 18.2 Å². The first-order chi connectivity index (χ1) is 9.54. The van der Waals surface area contributed by atoms with Crippen molar-refractivity contribution in [3.63, 3.8) is 0 Å². The summed E-state index contributed by atoms with van der Waals surface area (Å²) >= 11 is 0. The van der Waals surface area contributed by atoms with Crippen molar-refractivity contribution in [3.8, 4) is 0 Å². The second kappa shape index (κ2) is 6.23. The van der Waals surface area contributed by atoms with Gasteiger partial charge >= 0.3 is 0 Å². The van der Waals surface area contributed by atoms with Crippen LogP contribution in [0.15, 0.2) is 42.5 Å². The summed E-state index contributed by atoms with van der Waals surface area (Å²) in [4.78, 5) is 11.6. The largest absolute Gasteiger partial charge is 0.352 e. The summed E-state index contributed by atoms with van der Waals surface area (Å²) in [5.41, 5.74) is 0.583. The Balaban J connectivity index is 1.94. The second-order valence-electron chi connectivity index (χ2n) is 4.32. The average molecular weight is 279 g/mol. The number of amides is 1. The number of benzene rings is 2. The Morgan fingerprint density at radius 3 is 2.30 bits per heavy atom. The maximum atomic E-state index is 13.3. The third-order valence-electron chi connectivity index (χ3n) is 2.72. The first-order valence-electron chi connectivity index (χ1n) is 5.99. The van der Waals surface area contributed by atoms with Gasteiger partial charge in [-0.25, -0.2) is 13.2 Å². The van der Waals surface area contributed by atoms with E-state index < -0.39 is 23.4 Å². The summed E-state index contributed by atoms with van der Waals surface area (Å²) in [5.74, 6) is -2.29. The lowest BCUT2D eigenvalue weighted by Gasteiger charge is -2.06. The van der Waals surface area contributed by atoms with Crippen LogP contribution in [0.5, 0.6) is 0 Å². The smallest absolute Gasteiger partial charge is 0.224 e. The minimum Gasteiger partial charge on any atom is -0.352 e. The maximum Gasteiger partial charge on any atom is 0.224 e. The predicted molar refractivity (Wildman–Crippen MR) is 68.3 cm³/mol. The Bertz CT molecular complexity index is 608. The van der Waals surface area contributed by atoms with E-state index in [0.717, 1.165) is 18.2 Å². The van der Waals surface area contributed by atoms with Gasteiger partial charge in [0.15, 0.2) is 0 Å². The van der Waals surface area contributed by atoms with Crippen LogP contribution in [-0.2, 0) is 17.8 Å². The van der Waals surface area contributed by atoms with Gasteiger partial charge in [0.1, 0.15) is 17.5 Å². The van der Waals surface area contributed by atoms with Crippen LogP contribution in [0.1, 0.15) is 11.1 Å². The fourth-order valence-electron chi connectivity index (χ4n) is 1.79. The zero-order valence-corrected chi connectivity index (χ0v) is 10.5. The van der Waals surface area contributed by atoms with Gasteiger partial charge < -0.3 is 5.32 Å². The Kier molecular flexibility index (Phi) is 4.40. The van der Waals surface area contributed by atoms with Gasteiger partial charge in [0.2, 0.25) is 5.91 Å². The molecule has 2 aromatic rings. The van der Waals surface area contributed by atoms with Crippen LogP contribution in [0.3, 0.4) is 0 Å². The van der Waals surface area contributed by atoms with Gasteiger partial charge in [-0.05, 0) is 29.3 Å². The third kappa shape index (κ3) is 3.85. The number of halogens is 3. The number of hydrogen-bond donors (Lipinski definition) is 1. The quantitative estimate of drug-likeness (QED) is 0.916. The van der Waals surface area contributed by atoms with Gasteiger partial charge in [-0.3, -0.25) is 4.79 Å².